The Hall–Kier alpha value is -2.30. The van der Waals surface area contributed by atoms with E-state index in [1.165, 1.54) is 35.2 Å². The third-order valence-corrected chi connectivity index (χ3v) is 9.24. The van der Waals surface area contributed by atoms with Crippen LogP contribution in [-0.2, 0) is 31.6 Å². The summed E-state index contributed by atoms with van der Waals surface area (Å²) < 4.78 is 55.9. The molecule has 3 heterocycles. The lowest BCUT2D eigenvalue weighted by atomic mass is 10.1. The van der Waals surface area contributed by atoms with E-state index in [2.05, 4.69) is 28.1 Å². The average Bonchev–Trinajstić information content (AvgIpc) is 3.33. The van der Waals surface area contributed by atoms with Crippen LogP contribution in [0.15, 0.2) is 43.0 Å². The van der Waals surface area contributed by atoms with Crippen molar-refractivity contribution in [3.05, 3.63) is 43.0 Å². The largest absolute Gasteiger partial charge is 0.489 e. The Balaban J connectivity index is 1.38. The number of aromatic nitrogens is 4. The summed E-state index contributed by atoms with van der Waals surface area (Å²) in [6, 6.07) is 7.28. The molecule has 21 heteroatoms. The summed E-state index contributed by atoms with van der Waals surface area (Å²) in [5, 5.41) is 22.7. The van der Waals surface area contributed by atoms with Crippen LogP contribution in [0.2, 0.25) is 0 Å². The van der Waals surface area contributed by atoms with Gasteiger partial charge in [0.15, 0.2) is 17.7 Å². The number of hydrogen-bond acceptors (Lipinski definition) is 13. The van der Waals surface area contributed by atoms with Crippen LogP contribution in [-0.4, -0.2) is 69.3 Å². The lowest BCUT2D eigenvalue weighted by molar-refractivity contribution is -0.0503. The van der Waals surface area contributed by atoms with Gasteiger partial charge in [-0.1, -0.05) is 18.2 Å². The van der Waals surface area contributed by atoms with Gasteiger partial charge in [0.1, 0.15) is 30.2 Å². The topological polar surface area (TPSA) is 271 Å². The number of aliphatic hydroxyl groups excluding tert-OH is 2. The van der Waals surface area contributed by atoms with Crippen molar-refractivity contribution >= 4 is 46.1 Å². The van der Waals surface area contributed by atoms with Crippen molar-refractivity contribution in [1.82, 2.24) is 19.5 Å². The second-order valence-electron chi connectivity index (χ2n) is 7.52. The number of hydrogen-bond donors (Lipinski definition) is 7. The predicted octanol–water partition coefficient (Wildman–Crippen LogP) is 0.491. The standard InChI is InChI=1S/C16H21N6O12P3/c17-14-11-15(19-7-18-14)22(8-20-11)16-13(24)12(23)10(32-16)6-31-36(27,28)34-37(29,30)33-35(25,26)21-9-4-2-1-3-5-9/h1-5,7-8,10,12-13,16,23-24H,6H2,(H,27,28)(H,29,30)(H2,17,18,19)(H2,21,25,26)/t10-,12+,13?,16-/m1/s1. The molecule has 202 valence electrons. The smallest absolute Gasteiger partial charge is 0.387 e. The Bertz CT molecular complexity index is 1410. The molecule has 18 nitrogen and oxygen atoms in total. The molecule has 3 aromatic rings. The first-order chi connectivity index (χ1) is 17.3. The van der Waals surface area contributed by atoms with Crippen LogP contribution in [0.4, 0.5) is 11.5 Å². The van der Waals surface area contributed by atoms with Crippen molar-refractivity contribution in [2.45, 2.75) is 24.5 Å². The molecule has 0 aliphatic carbocycles. The van der Waals surface area contributed by atoms with Gasteiger partial charge in [-0.3, -0.25) is 14.2 Å². The van der Waals surface area contributed by atoms with E-state index in [9.17, 15) is 38.6 Å². The van der Waals surface area contributed by atoms with Gasteiger partial charge in [-0.25, -0.2) is 28.6 Å². The van der Waals surface area contributed by atoms with Crippen LogP contribution >= 0.6 is 23.4 Å². The number of nitrogens with one attached hydrogen (secondary N) is 1. The van der Waals surface area contributed by atoms with E-state index in [0.717, 1.165) is 6.33 Å². The zero-order valence-electron chi connectivity index (χ0n) is 18.4. The van der Waals surface area contributed by atoms with E-state index in [1.54, 1.807) is 6.07 Å². The molecule has 4 unspecified atom stereocenters. The van der Waals surface area contributed by atoms with Gasteiger partial charge in [0.25, 0.3) is 0 Å². The van der Waals surface area contributed by atoms with E-state index in [0.29, 0.717) is 0 Å². The van der Waals surface area contributed by atoms with Crippen LogP contribution in [0.3, 0.4) is 0 Å². The second kappa shape index (κ2) is 10.5. The molecule has 0 saturated carbocycles. The zero-order valence-corrected chi connectivity index (χ0v) is 21.0. The van der Waals surface area contributed by atoms with E-state index in [1.807, 2.05) is 5.09 Å². The number of nitrogens with zero attached hydrogens (tertiary/aromatic N) is 4. The van der Waals surface area contributed by atoms with Crippen molar-refractivity contribution in [2.75, 3.05) is 17.4 Å². The molecular weight excluding hydrogens is 561 g/mol. The SMILES string of the molecule is Nc1ncnc2c1ncn2[C@@H]1O[C@H](COP(=O)(O)OP(=O)(O)OP(=O)(O)Nc2ccccc2)[C@H](O)C1O. The predicted molar refractivity (Wildman–Crippen MR) is 123 cm³/mol. The van der Waals surface area contributed by atoms with E-state index in [-0.39, 0.29) is 22.7 Å². The fourth-order valence-electron chi connectivity index (χ4n) is 3.33. The number of imidazole rings is 1. The Labute approximate surface area is 207 Å². The minimum absolute atomic E-state index is 0.0390. The van der Waals surface area contributed by atoms with Crippen molar-refractivity contribution in [1.29, 1.82) is 0 Å². The number of rotatable bonds is 10. The summed E-state index contributed by atoms with van der Waals surface area (Å²) >= 11 is 0. The fraction of sp³-hybridized carbons (Fsp3) is 0.312. The van der Waals surface area contributed by atoms with Crippen LogP contribution in [0.5, 0.6) is 0 Å². The first-order valence-electron chi connectivity index (χ1n) is 10.1. The highest BCUT2D eigenvalue weighted by molar-refractivity contribution is 7.68. The molecule has 8 N–H and O–H groups in total. The minimum Gasteiger partial charge on any atom is -0.387 e. The quantitative estimate of drug-likeness (QED) is 0.160. The van der Waals surface area contributed by atoms with Gasteiger partial charge in [-0.05, 0) is 12.1 Å². The van der Waals surface area contributed by atoms with Crippen molar-refractivity contribution in [3.63, 3.8) is 0 Å². The number of nitrogens with two attached hydrogens (primary N) is 1. The maximum absolute atomic E-state index is 12.2. The maximum atomic E-state index is 12.2. The highest BCUT2D eigenvalue weighted by atomic mass is 31.3. The van der Waals surface area contributed by atoms with Gasteiger partial charge in [-0.2, -0.15) is 8.62 Å². The zero-order chi connectivity index (χ0) is 27.0. The maximum Gasteiger partial charge on any atom is 0.489 e. The lowest BCUT2D eigenvalue weighted by Crippen LogP contribution is -2.33. The van der Waals surface area contributed by atoms with Crippen molar-refractivity contribution in [3.8, 4) is 0 Å². The molecule has 37 heavy (non-hydrogen) atoms. The molecule has 1 aliphatic heterocycles. The normalized spacial score (nSPS) is 26.8. The number of ether oxygens (including phenoxy) is 1. The summed E-state index contributed by atoms with van der Waals surface area (Å²) in [6.45, 7) is -0.925. The number of fused-ring (bicyclic) bond motifs is 1. The van der Waals surface area contributed by atoms with Gasteiger partial charge < -0.3 is 35.4 Å². The molecule has 0 amide bonds. The van der Waals surface area contributed by atoms with Gasteiger partial charge in [-0.15, -0.1) is 0 Å². The number of benzene rings is 1. The summed E-state index contributed by atoms with van der Waals surface area (Å²) in [4.78, 5) is 41.1. The Kier molecular flexibility index (Phi) is 7.84. The summed E-state index contributed by atoms with van der Waals surface area (Å²) in [6.07, 6.45) is -3.61. The van der Waals surface area contributed by atoms with Crippen molar-refractivity contribution in [2.24, 2.45) is 0 Å². The number of aliphatic hydroxyl groups is 2. The molecular formula is C16H21N6O12P3. The van der Waals surface area contributed by atoms with Crippen molar-refractivity contribution < 1.29 is 56.5 Å². The first-order valence-corrected chi connectivity index (χ1v) is 14.7. The van der Waals surface area contributed by atoms with E-state index < -0.39 is 54.5 Å². The molecule has 1 saturated heterocycles. The number of phosphoric ester groups is 1. The number of anilines is 2. The first kappa shape index (κ1) is 27.7. The Morgan fingerprint density at radius 3 is 2.41 bits per heavy atom. The molecule has 0 bridgehead atoms. The minimum atomic E-state index is -5.65. The fourth-order valence-corrected chi connectivity index (χ4v) is 7.04. The van der Waals surface area contributed by atoms with Crippen LogP contribution in [0.1, 0.15) is 6.23 Å². The average molecular weight is 582 g/mol. The third kappa shape index (κ3) is 6.59. The van der Waals surface area contributed by atoms with Gasteiger partial charge in [0.05, 0.1) is 12.9 Å². The van der Waals surface area contributed by atoms with E-state index in [4.69, 9.17) is 10.5 Å². The van der Waals surface area contributed by atoms with Crippen LogP contribution in [0.25, 0.3) is 11.2 Å². The Morgan fingerprint density at radius 2 is 1.70 bits per heavy atom. The second-order valence-corrected chi connectivity index (χ2v) is 12.2. The molecule has 4 rings (SSSR count). The summed E-state index contributed by atoms with van der Waals surface area (Å²) in [5.74, 6) is 0.0529. The highest BCUT2D eigenvalue weighted by Crippen LogP contribution is 2.67. The molecule has 7 atom stereocenters. The molecule has 1 aromatic carbocycles. The van der Waals surface area contributed by atoms with Gasteiger partial charge in [0, 0.05) is 5.69 Å². The number of phosphoric acid groups is 2. The van der Waals surface area contributed by atoms with Crippen LogP contribution < -0.4 is 10.8 Å². The Morgan fingerprint density at radius 1 is 1.00 bits per heavy atom. The number of para-hydroxylation sites is 1. The molecule has 0 radical (unpaired) electrons. The third-order valence-electron chi connectivity index (χ3n) is 4.86. The lowest BCUT2D eigenvalue weighted by Gasteiger charge is -2.20. The monoisotopic (exact) mass is 582 g/mol. The summed E-state index contributed by atoms with van der Waals surface area (Å²) in [7, 11) is -16.1. The molecule has 1 fully saturated rings. The summed E-state index contributed by atoms with van der Waals surface area (Å²) in [5.41, 5.74) is 6.12. The highest BCUT2D eigenvalue weighted by Gasteiger charge is 2.47. The number of nitrogen functional groups attached to an aromatic ring is 1. The molecule has 2 aromatic heterocycles. The molecule has 1 aliphatic rings. The van der Waals surface area contributed by atoms with Gasteiger partial charge >= 0.3 is 23.4 Å². The van der Waals surface area contributed by atoms with E-state index >= 15 is 0 Å². The van der Waals surface area contributed by atoms with Crippen LogP contribution in [0, 0.1) is 0 Å². The molecule has 0 spiro atoms. The van der Waals surface area contributed by atoms with Gasteiger partial charge in [0.2, 0.25) is 0 Å².